The number of nitrogens with one attached hydrogen (secondary N) is 1. The van der Waals surface area contributed by atoms with Crippen molar-refractivity contribution in [3.8, 4) is 0 Å². The van der Waals surface area contributed by atoms with Gasteiger partial charge in [-0.15, -0.1) is 0 Å². The van der Waals surface area contributed by atoms with Crippen LogP contribution in [0.15, 0.2) is 36.4 Å². The number of nitrogens with zero attached hydrogens (tertiary/aromatic N) is 2. The molecule has 0 spiro atoms. The van der Waals surface area contributed by atoms with Crippen molar-refractivity contribution in [2.24, 2.45) is 0 Å². The van der Waals surface area contributed by atoms with Gasteiger partial charge in [0.15, 0.2) is 0 Å². The standard InChI is InChI=1S/C12H9ClN4O3/c13-10-5-7(6-11(14)16-10)12(18)15-8-1-3-9(4-2-8)17(19)20/h1-6H,(H2,14,16)(H,15,18). The number of hydrogen-bond acceptors (Lipinski definition) is 5. The molecule has 1 aromatic heterocycles. The van der Waals surface area contributed by atoms with Crippen LogP contribution in [-0.2, 0) is 0 Å². The number of non-ortho nitro benzene ring substituents is 1. The summed E-state index contributed by atoms with van der Waals surface area (Å²) in [6, 6.07) is 8.21. The first-order valence-corrected chi connectivity index (χ1v) is 5.82. The molecular formula is C12H9ClN4O3. The number of pyridine rings is 1. The van der Waals surface area contributed by atoms with E-state index >= 15 is 0 Å². The number of anilines is 2. The molecule has 102 valence electrons. The minimum Gasteiger partial charge on any atom is -0.384 e. The van der Waals surface area contributed by atoms with Gasteiger partial charge in [-0.1, -0.05) is 11.6 Å². The van der Waals surface area contributed by atoms with Crippen LogP contribution in [0.3, 0.4) is 0 Å². The molecule has 0 radical (unpaired) electrons. The smallest absolute Gasteiger partial charge is 0.269 e. The highest BCUT2D eigenvalue weighted by atomic mass is 35.5. The lowest BCUT2D eigenvalue weighted by atomic mass is 10.2. The first kappa shape index (κ1) is 13.8. The summed E-state index contributed by atoms with van der Waals surface area (Å²) in [6.07, 6.45) is 0. The van der Waals surface area contributed by atoms with E-state index in [-0.39, 0.29) is 22.2 Å². The summed E-state index contributed by atoms with van der Waals surface area (Å²) >= 11 is 5.71. The maximum absolute atomic E-state index is 12.0. The zero-order chi connectivity index (χ0) is 14.7. The third-order valence-electron chi connectivity index (χ3n) is 2.41. The van der Waals surface area contributed by atoms with E-state index < -0.39 is 10.8 Å². The highest BCUT2D eigenvalue weighted by Gasteiger charge is 2.10. The van der Waals surface area contributed by atoms with Gasteiger partial charge in [-0.05, 0) is 24.3 Å². The molecule has 2 rings (SSSR count). The lowest BCUT2D eigenvalue weighted by molar-refractivity contribution is -0.384. The van der Waals surface area contributed by atoms with Gasteiger partial charge >= 0.3 is 0 Å². The van der Waals surface area contributed by atoms with Crippen LogP contribution >= 0.6 is 11.6 Å². The van der Waals surface area contributed by atoms with E-state index in [0.29, 0.717) is 5.69 Å². The summed E-state index contributed by atoms with van der Waals surface area (Å²) in [7, 11) is 0. The number of rotatable bonds is 3. The van der Waals surface area contributed by atoms with Crippen molar-refractivity contribution in [1.82, 2.24) is 4.98 Å². The van der Waals surface area contributed by atoms with Crippen molar-refractivity contribution in [3.63, 3.8) is 0 Å². The van der Waals surface area contributed by atoms with Crippen LogP contribution in [0.4, 0.5) is 17.2 Å². The van der Waals surface area contributed by atoms with Crippen LogP contribution < -0.4 is 11.1 Å². The molecule has 20 heavy (non-hydrogen) atoms. The van der Waals surface area contributed by atoms with Gasteiger partial charge in [-0.25, -0.2) is 4.98 Å². The van der Waals surface area contributed by atoms with E-state index in [1.165, 1.54) is 36.4 Å². The van der Waals surface area contributed by atoms with Crippen molar-refractivity contribution in [1.29, 1.82) is 0 Å². The number of aromatic nitrogens is 1. The van der Waals surface area contributed by atoms with Crippen molar-refractivity contribution in [3.05, 3.63) is 57.2 Å². The fraction of sp³-hybridized carbons (Fsp3) is 0. The molecule has 0 aliphatic carbocycles. The van der Waals surface area contributed by atoms with Gasteiger partial charge in [-0.3, -0.25) is 14.9 Å². The van der Waals surface area contributed by atoms with E-state index in [2.05, 4.69) is 10.3 Å². The molecule has 1 aromatic carbocycles. The van der Waals surface area contributed by atoms with Crippen LogP contribution in [0, 0.1) is 10.1 Å². The molecule has 0 aliphatic heterocycles. The Bertz CT molecular complexity index is 653. The number of nitrogens with two attached hydrogens (primary N) is 1. The summed E-state index contributed by atoms with van der Waals surface area (Å²) < 4.78 is 0. The molecule has 3 N–H and O–H groups in total. The average Bonchev–Trinajstić information content (AvgIpc) is 2.38. The number of amides is 1. The van der Waals surface area contributed by atoms with E-state index in [0.717, 1.165) is 0 Å². The normalized spacial score (nSPS) is 10.1. The fourth-order valence-electron chi connectivity index (χ4n) is 1.52. The zero-order valence-corrected chi connectivity index (χ0v) is 10.8. The Labute approximate surface area is 118 Å². The Hall–Kier alpha value is -2.67. The average molecular weight is 293 g/mol. The number of carbonyl (C=O) groups is 1. The summed E-state index contributed by atoms with van der Waals surface area (Å²) in [5.41, 5.74) is 6.11. The van der Waals surface area contributed by atoms with Gasteiger partial charge in [0, 0.05) is 23.4 Å². The molecule has 0 bridgehead atoms. The third-order valence-corrected chi connectivity index (χ3v) is 2.61. The van der Waals surface area contributed by atoms with E-state index in [4.69, 9.17) is 17.3 Å². The lowest BCUT2D eigenvalue weighted by Crippen LogP contribution is -2.12. The third kappa shape index (κ3) is 3.21. The summed E-state index contributed by atoms with van der Waals surface area (Å²) in [5.74, 6) is -0.304. The highest BCUT2D eigenvalue weighted by Crippen LogP contribution is 2.17. The molecule has 8 heteroatoms. The minimum atomic E-state index is -0.519. The first-order valence-electron chi connectivity index (χ1n) is 5.44. The molecule has 0 fully saturated rings. The topological polar surface area (TPSA) is 111 Å². The van der Waals surface area contributed by atoms with E-state index in [1.807, 2.05) is 0 Å². The Balaban J connectivity index is 2.16. The van der Waals surface area contributed by atoms with E-state index in [9.17, 15) is 14.9 Å². The number of carbonyl (C=O) groups excluding carboxylic acids is 1. The van der Waals surface area contributed by atoms with Gasteiger partial charge in [-0.2, -0.15) is 0 Å². The quantitative estimate of drug-likeness (QED) is 0.513. The first-order chi connectivity index (χ1) is 9.45. The van der Waals surface area contributed by atoms with Crippen molar-refractivity contribution in [2.45, 2.75) is 0 Å². The Morgan fingerprint density at radius 2 is 1.95 bits per heavy atom. The van der Waals surface area contributed by atoms with Gasteiger partial charge in [0.05, 0.1) is 4.92 Å². The van der Waals surface area contributed by atoms with Crippen LogP contribution in [0.5, 0.6) is 0 Å². The summed E-state index contributed by atoms with van der Waals surface area (Å²) in [4.78, 5) is 25.7. The van der Waals surface area contributed by atoms with Crippen LogP contribution in [0.2, 0.25) is 5.15 Å². The molecule has 1 heterocycles. The van der Waals surface area contributed by atoms with Crippen LogP contribution in [0.1, 0.15) is 10.4 Å². The number of nitro benzene ring substituents is 1. The SMILES string of the molecule is Nc1cc(C(=O)Nc2ccc([N+](=O)[O-])cc2)cc(Cl)n1. The molecular weight excluding hydrogens is 284 g/mol. The maximum atomic E-state index is 12.0. The highest BCUT2D eigenvalue weighted by molar-refractivity contribution is 6.30. The molecule has 0 aliphatic rings. The lowest BCUT2D eigenvalue weighted by Gasteiger charge is -2.06. The van der Waals surface area contributed by atoms with Crippen molar-refractivity contribution < 1.29 is 9.72 Å². The molecule has 0 unspecified atom stereocenters. The van der Waals surface area contributed by atoms with Crippen LogP contribution in [0.25, 0.3) is 0 Å². The zero-order valence-electron chi connectivity index (χ0n) is 10.0. The van der Waals surface area contributed by atoms with Crippen molar-refractivity contribution >= 4 is 34.7 Å². The Kier molecular flexibility index (Phi) is 3.81. The second-order valence-electron chi connectivity index (χ2n) is 3.86. The number of hydrogen-bond donors (Lipinski definition) is 2. The second-order valence-corrected chi connectivity index (χ2v) is 4.25. The number of benzene rings is 1. The Morgan fingerprint density at radius 1 is 1.30 bits per heavy atom. The predicted octanol–water partition coefficient (Wildman–Crippen LogP) is 2.48. The summed E-state index contributed by atoms with van der Waals surface area (Å²) in [6.45, 7) is 0. The summed E-state index contributed by atoms with van der Waals surface area (Å²) in [5, 5.41) is 13.2. The van der Waals surface area contributed by atoms with Gasteiger partial charge < -0.3 is 11.1 Å². The van der Waals surface area contributed by atoms with Gasteiger partial charge in [0.25, 0.3) is 11.6 Å². The molecule has 1 amide bonds. The van der Waals surface area contributed by atoms with Crippen molar-refractivity contribution in [2.75, 3.05) is 11.1 Å². The maximum Gasteiger partial charge on any atom is 0.269 e. The molecule has 0 atom stereocenters. The van der Waals surface area contributed by atoms with Crippen LogP contribution in [-0.4, -0.2) is 15.8 Å². The molecule has 0 saturated heterocycles. The van der Waals surface area contributed by atoms with E-state index in [1.54, 1.807) is 0 Å². The fourth-order valence-corrected chi connectivity index (χ4v) is 1.73. The second kappa shape index (κ2) is 5.54. The van der Waals surface area contributed by atoms with Gasteiger partial charge in [0.2, 0.25) is 0 Å². The minimum absolute atomic E-state index is 0.0563. The Morgan fingerprint density at radius 3 is 2.50 bits per heavy atom. The number of halogens is 1. The van der Waals surface area contributed by atoms with Gasteiger partial charge in [0.1, 0.15) is 11.0 Å². The number of nitro groups is 1. The monoisotopic (exact) mass is 292 g/mol. The molecule has 2 aromatic rings. The molecule has 0 saturated carbocycles. The predicted molar refractivity (Wildman–Crippen MR) is 74.7 cm³/mol. The molecule has 7 nitrogen and oxygen atoms in total. The number of nitrogen functional groups attached to an aromatic ring is 1. The largest absolute Gasteiger partial charge is 0.384 e.